The van der Waals surface area contributed by atoms with E-state index in [1.807, 2.05) is 0 Å². The third-order valence-electron chi connectivity index (χ3n) is 2.04. The van der Waals surface area contributed by atoms with Gasteiger partial charge < -0.3 is 21.7 Å². The molecule has 0 aliphatic carbocycles. The lowest BCUT2D eigenvalue weighted by molar-refractivity contribution is 0.0220. The fourth-order valence-electron chi connectivity index (χ4n) is 1.14. The number of nitrogen functional groups attached to an aromatic ring is 1. The predicted octanol–water partition coefficient (Wildman–Crippen LogP) is -0.100. The van der Waals surface area contributed by atoms with Crippen LogP contribution in [0.4, 0.5) is 14.5 Å². The van der Waals surface area contributed by atoms with Gasteiger partial charge in [-0.2, -0.15) is 0 Å². The zero-order chi connectivity index (χ0) is 11.6. The van der Waals surface area contributed by atoms with Crippen molar-refractivity contribution in [3.05, 3.63) is 29.3 Å². The molecule has 6 heteroatoms. The van der Waals surface area contributed by atoms with Crippen molar-refractivity contribution in [1.29, 1.82) is 0 Å². The standard InChI is InChI=1S/C9H12F2N2O2/c10-5-2-7(13)6(11)1-4(5)9(15)8(14)3-12/h1-2,8-9,14-15H,3,12-13H2. The molecule has 0 aliphatic heterocycles. The molecule has 6 N–H and O–H groups in total. The molecule has 0 spiro atoms. The topological polar surface area (TPSA) is 92.5 Å². The maximum atomic E-state index is 13.2. The minimum absolute atomic E-state index is 0.257. The number of hydrogen-bond donors (Lipinski definition) is 4. The van der Waals surface area contributed by atoms with Crippen molar-refractivity contribution in [3.63, 3.8) is 0 Å². The van der Waals surface area contributed by atoms with Gasteiger partial charge in [-0.1, -0.05) is 0 Å². The molecule has 0 saturated carbocycles. The van der Waals surface area contributed by atoms with Crippen molar-refractivity contribution < 1.29 is 19.0 Å². The van der Waals surface area contributed by atoms with Gasteiger partial charge >= 0.3 is 0 Å². The van der Waals surface area contributed by atoms with E-state index in [-0.39, 0.29) is 17.8 Å². The van der Waals surface area contributed by atoms with Crippen molar-refractivity contribution in [3.8, 4) is 0 Å². The van der Waals surface area contributed by atoms with Gasteiger partial charge in [0.25, 0.3) is 0 Å². The summed E-state index contributed by atoms with van der Waals surface area (Å²) in [5.74, 6) is -1.73. The van der Waals surface area contributed by atoms with E-state index in [0.717, 1.165) is 12.1 Å². The summed E-state index contributed by atoms with van der Waals surface area (Å²) in [7, 11) is 0. The highest BCUT2D eigenvalue weighted by molar-refractivity contribution is 5.43. The van der Waals surface area contributed by atoms with Gasteiger partial charge in [0.05, 0.1) is 11.8 Å². The van der Waals surface area contributed by atoms with Crippen LogP contribution in [0.25, 0.3) is 0 Å². The molecule has 2 atom stereocenters. The van der Waals surface area contributed by atoms with E-state index in [9.17, 15) is 13.9 Å². The number of aliphatic hydroxyl groups excluding tert-OH is 2. The van der Waals surface area contributed by atoms with Gasteiger partial charge in [-0.05, 0) is 6.07 Å². The summed E-state index contributed by atoms with van der Waals surface area (Å²) in [5.41, 5.74) is 9.47. The number of aliphatic hydroxyl groups is 2. The second-order valence-electron chi connectivity index (χ2n) is 3.14. The molecule has 84 valence electrons. The minimum Gasteiger partial charge on any atom is -0.396 e. The van der Waals surface area contributed by atoms with Crippen LogP contribution >= 0.6 is 0 Å². The molecule has 0 radical (unpaired) electrons. The van der Waals surface area contributed by atoms with Crippen LogP contribution in [0, 0.1) is 11.6 Å². The first kappa shape index (κ1) is 11.8. The summed E-state index contributed by atoms with van der Waals surface area (Å²) < 4.78 is 26.2. The Morgan fingerprint density at radius 2 is 1.80 bits per heavy atom. The third kappa shape index (κ3) is 2.41. The number of rotatable bonds is 3. The molecule has 1 aromatic carbocycles. The van der Waals surface area contributed by atoms with Gasteiger partial charge in [0.2, 0.25) is 0 Å². The second-order valence-corrected chi connectivity index (χ2v) is 3.14. The SMILES string of the molecule is NCC(O)C(O)c1cc(F)c(N)cc1F. The maximum absolute atomic E-state index is 13.2. The summed E-state index contributed by atoms with van der Waals surface area (Å²) >= 11 is 0. The molecule has 1 rings (SSSR count). The lowest BCUT2D eigenvalue weighted by Gasteiger charge is -2.17. The summed E-state index contributed by atoms with van der Waals surface area (Å²) in [5, 5.41) is 18.6. The van der Waals surface area contributed by atoms with Gasteiger partial charge in [-0.15, -0.1) is 0 Å². The molecule has 0 aliphatic rings. The van der Waals surface area contributed by atoms with Crippen LogP contribution in [0.1, 0.15) is 11.7 Å². The van der Waals surface area contributed by atoms with Gasteiger partial charge in [0.1, 0.15) is 17.7 Å². The largest absolute Gasteiger partial charge is 0.396 e. The fraction of sp³-hybridized carbons (Fsp3) is 0.333. The zero-order valence-electron chi connectivity index (χ0n) is 7.82. The highest BCUT2D eigenvalue weighted by Crippen LogP contribution is 2.24. The predicted molar refractivity (Wildman–Crippen MR) is 50.8 cm³/mol. The van der Waals surface area contributed by atoms with E-state index in [0.29, 0.717) is 0 Å². The van der Waals surface area contributed by atoms with Crippen LogP contribution in [0.5, 0.6) is 0 Å². The zero-order valence-corrected chi connectivity index (χ0v) is 7.82. The summed E-state index contributed by atoms with van der Waals surface area (Å²) in [6.45, 7) is -0.257. The van der Waals surface area contributed by atoms with Crippen LogP contribution in [0.2, 0.25) is 0 Å². The minimum atomic E-state index is -1.56. The first-order valence-corrected chi connectivity index (χ1v) is 4.28. The van der Waals surface area contributed by atoms with E-state index in [1.54, 1.807) is 0 Å². The molecule has 4 nitrogen and oxygen atoms in total. The van der Waals surface area contributed by atoms with Gasteiger partial charge in [-0.25, -0.2) is 8.78 Å². The Balaban J connectivity index is 3.09. The van der Waals surface area contributed by atoms with Crippen molar-refractivity contribution in [2.24, 2.45) is 5.73 Å². The number of benzene rings is 1. The molecule has 15 heavy (non-hydrogen) atoms. The first-order valence-electron chi connectivity index (χ1n) is 4.28. The smallest absolute Gasteiger partial charge is 0.146 e. The Kier molecular flexibility index (Phi) is 3.57. The van der Waals surface area contributed by atoms with Crippen LogP contribution in [0.3, 0.4) is 0 Å². The van der Waals surface area contributed by atoms with E-state index in [1.165, 1.54) is 0 Å². The summed E-state index contributed by atoms with van der Waals surface area (Å²) in [4.78, 5) is 0. The summed E-state index contributed by atoms with van der Waals surface area (Å²) in [6, 6.07) is 1.49. The van der Waals surface area contributed by atoms with E-state index in [4.69, 9.17) is 16.6 Å². The number of anilines is 1. The Morgan fingerprint density at radius 3 is 2.33 bits per heavy atom. The van der Waals surface area contributed by atoms with Gasteiger partial charge in [-0.3, -0.25) is 0 Å². The van der Waals surface area contributed by atoms with Crippen LogP contribution in [-0.4, -0.2) is 22.9 Å². The highest BCUT2D eigenvalue weighted by atomic mass is 19.1. The molecule has 1 aromatic rings. The molecular weight excluding hydrogens is 206 g/mol. The van der Waals surface area contributed by atoms with Gasteiger partial charge in [0.15, 0.2) is 0 Å². The Hall–Kier alpha value is -1.24. The van der Waals surface area contributed by atoms with E-state index >= 15 is 0 Å². The molecule has 0 amide bonds. The quantitative estimate of drug-likeness (QED) is 0.533. The molecule has 0 bridgehead atoms. The number of halogens is 2. The maximum Gasteiger partial charge on any atom is 0.146 e. The van der Waals surface area contributed by atoms with Crippen molar-refractivity contribution >= 4 is 5.69 Å². The molecule has 0 aromatic heterocycles. The van der Waals surface area contributed by atoms with E-state index < -0.39 is 23.8 Å². The van der Waals surface area contributed by atoms with Crippen LogP contribution < -0.4 is 11.5 Å². The third-order valence-corrected chi connectivity index (χ3v) is 2.04. The van der Waals surface area contributed by atoms with Crippen LogP contribution in [-0.2, 0) is 0 Å². The molecule has 0 heterocycles. The summed E-state index contributed by atoms with van der Waals surface area (Å²) in [6.07, 6.45) is -2.91. The first-order chi connectivity index (χ1) is 6.97. The van der Waals surface area contributed by atoms with Crippen molar-refractivity contribution in [2.45, 2.75) is 12.2 Å². The Bertz CT molecular complexity index is 360. The normalized spacial score (nSPS) is 15.0. The molecule has 0 fully saturated rings. The van der Waals surface area contributed by atoms with Crippen LogP contribution in [0.15, 0.2) is 12.1 Å². The van der Waals surface area contributed by atoms with E-state index in [2.05, 4.69) is 0 Å². The number of nitrogens with two attached hydrogens (primary N) is 2. The fourth-order valence-corrected chi connectivity index (χ4v) is 1.14. The highest BCUT2D eigenvalue weighted by Gasteiger charge is 2.21. The van der Waals surface area contributed by atoms with Crippen molar-refractivity contribution in [1.82, 2.24) is 0 Å². The lowest BCUT2D eigenvalue weighted by Crippen LogP contribution is -2.27. The molecular formula is C9H12F2N2O2. The average Bonchev–Trinajstić information content (AvgIpc) is 2.21. The Labute approximate surface area is 85.1 Å². The average molecular weight is 218 g/mol. The monoisotopic (exact) mass is 218 g/mol. The lowest BCUT2D eigenvalue weighted by atomic mass is 10.0. The van der Waals surface area contributed by atoms with Gasteiger partial charge in [0, 0.05) is 18.2 Å². The molecule has 2 unspecified atom stereocenters. The Morgan fingerprint density at radius 1 is 1.20 bits per heavy atom. The second kappa shape index (κ2) is 4.52. The van der Waals surface area contributed by atoms with Crippen molar-refractivity contribution in [2.75, 3.05) is 12.3 Å². The number of hydrogen-bond acceptors (Lipinski definition) is 4. The molecule has 0 saturated heterocycles.